The van der Waals surface area contributed by atoms with Gasteiger partial charge in [0.25, 0.3) is 5.91 Å². The summed E-state index contributed by atoms with van der Waals surface area (Å²) in [7, 11) is 0. The largest absolute Gasteiger partial charge is 0.484 e. The number of thiazole rings is 1. The van der Waals surface area contributed by atoms with Crippen LogP contribution in [0.3, 0.4) is 0 Å². The van der Waals surface area contributed by atoms with Crippen LogP contribution in [-0.2, 0) is 4.79 Å². The molecule has 1 atom stereocenters. The molecule has 30 heavy (non-hydrogen) atoms. The van der Waals surface area contributed by atoms with Crippen LogP contribution in [0.15, 0.2) is 72.8 Å². The lowest BCUT2D eigenvalue weighted by Gasteiger charge is -2.11. The smallest absolute Gasteiger partial charge is 0.262 e. The van der Waals surface area contributed by atoms with Crippen molar-refractivity contribution in [3.63, 3.8) is 0 Å². The van der Waals surface area contributed by atoms with Crippen molar-refractivity contribution in [3.05, 3.63) is 78.4 Å². The van der Waals surface area contributed by atoms with E-state index < -0.39 is 0 Å². The summed E-state index contributed by atoms with van der Waals surface area (Å²) in [6.45, 7) is 4.34. The van der Waals surface area contributed by atoms with Crippen molar-refractivity contribution in [1.82, 2.24) is 4.98 Å². The zero-order valence-electron chi connectivity index (χ0n) is 17.1. The molecule has 1 aromatic heterocycles. The van der Waals surface area contributed by atoms with Crippen molar-refractivity contribution < 1.29 is 9.53 Å². The van der Waals surface area contributed by atoms with Crippen molar-refractivity contribution in [2.75, 3.05) is 11.9 Å². The number of benzene rings is 3. The summed E-state index contributed by atoms with van der Waals surface area (Å²) >= 11 is 1.64. The zero-order chi connectivity index (χ0) is 20.9. The zero-order valence-corrected chi connectivity index (χ0v) is 17.9. The highest BCUT2D eigenvalue weighted by Gasteiger charge is 2.09. The first kappa shape index (κ1) is 20.1. The molecule has 0 bridgehead atoms. The van der Waals surface area contributed by atoms with Gasteiger partial charge in [0.2, 0.25) is 0 Å². The number of aromatic nitrogens is 1. The van der Waals surface area contributed by atoms with Crippen LogP contribution < -0.4 is 10.1 Å². The molecule has 0 aliphatic heterocycles. The van der Waals surface area contributed by atoms with Crippen molar-refractivity contribution >= 4 is 33.1 Å². The molecular weight excluding hydrogens is 392 g/mol. The Kier molecular flexibility index (Phi) is 6.10. The van der Waals surface area contributed by atoms with Gasteiger partial charge in [-0.3, -0.25) is 4.79 Å². The highest BCUT2D eigenvalue weighted by Crippen LogP contribution is 2.31. The van der Waals surface area contributed by atoms with Crippen LogP contribution in [-0.4, -0.2) is 17.5 Å². The lowest BCUT2D eigenvalue weighted by atomic mass is 9.99. The predicted octanol–water partition coefficient (Wildman–Crippen LogP) is 6.49. The number of anilines is 1. The maximum absolute atomic E-state index is 12.3. The highest BCUT2D eigenvalue weighted by atomic mass is 32.1. The Morgan fingerprint density at radius 1 is 1.07 bits per heavy atom. The Labute approximate surface area is 180 Å². The van der Waals surface area contributed by atoms with E-state index in [4.69, 9.17) is 4.74 Å². The fourth-order valence-corrected chi connectivity index (χ4v) is 4.16. The quantitative estimate of drug-likeness (QED) is 0.374. The van der Waals surface area contributed by atoms with E-state index in [1.165, 1.54) is 5.56 Å². The number of ether oxygens (including phenoxy) is 1. The van der Waals surface area contributed by atoms with E-state index in [1.54, 1.807) is 11.3 Å². The van der Waals surface area contributed by atoms with E-state index in [9.17, 15) is 4.79 Å². The normalized spacial score (nSPS) is 11.9. The molecule has 1 amide bonds. The standard InChI is InChI=1S/C25H24N2O2S/c1-3-17(2)18-11-13-21(14-12-18)29-16-24(28)26-20-8-6-7-19(15-20)25-27-22-9-4-5-10-23(22)30-25/h4-15,17H,3,16H2,1-2H3,(H,26,28)/t17-/m1/s1. The van der Waals surface area contributed by atoms with Crippen LogP contribution in [0.2, 0.25) is 0 Å². The first-order valence-electron chi connectivity index (χ1n) is 10.1. The molecule has 4 nitrogen and oxygen atoms in total. The van der Waals surface area contributed by atoms with Gasteiger partial charge in [-0.05, 0) is 54.3 Å². The van der Waals surface area contributed by atoms with Gasteiger partial charge in [-0.2, -0.15) is 0 Å². The van der Waals surface area contributed by atoms with Gasteiger partial charge in [-0.1, -0.05) is 50.2 Å². The van der Waals surface area contributed by atoms with Crippen molar-refractivity contribution in [2.45, 2.75) is 26.2 Å². The number of carbonyl (C=O) groups is 1. The molecule has 0 aliphatic carbocycles. The molecule has 152 valence electrons. The molecule has 4 rings (SSSR count). The third kappa shape index (κ3) is 4.69. The summed E-state index contributed by atoms with van der Waals surface area (Å²) in [6, 6.07) is 23.8. The number of carbonyl (C=O) groups excluding carboxylic acids is 1. The molecule has 5 heteroatoms. The molecule has 0 saturated carbocycles. The second-order valence-corrected chi connectivity index (χ2v) is 8.31. The maximum atomic E-state index is 12.3. The monoisotopic (exact) mass is 416 g/mol. The molecule has 0 aliphatic rings. The SMILES string of the molecule is CC[C@@H](C)c1ccc(OCC(=O)Nc2cccc(-c3nc4ccccc4s3)c2)cc1. The predicted molar refractivity (Wildman–Crippen MR) is 124 cm³/mol. The molecule has 1 N–H and O–H groups in total. The number of fused-ring (bicyclic) bond motifs is 1. The second kappa shape index (κ2) is 9.09. The average Bonchev–Trinajstić information content (AvgIpc) is 3.22. The molecule has 0 radical (unpaired) electrons. The fraction of sp³-hybridized carbons (Fsp3) is 0.200. The lowest BCUT2D eigenvalue weighted by molar-refractivity contribution is -0.118. The van der Waals surface area contributed by atoms with Gasteiger partial charge >= 0.3 is 0 Å². The number of amides is 1. The van der Waals surface area contributed by atoms with Crippen LogP contribution in [0, 0.1) is 0 Å². The number of nitrogens with one attached hydrogen (secondary N) is 1. The van der Waals surface area contributed by atoms with E-state index in [0.29, 0.717) is 11.7 Å². The summed E-state index contributed by atoms with van der Waals surface area (Å²) < 4.78 is 6.79. The number of hydrogen-bond acceptors (Lipinski definition) is 4. The Bertz CT molecular complexity index is 1120. The Balaban J connectivity index is 1.38. The van der Waals surface area contributed by atoms with Crippen LogP contribution in [0.5, 0.6) is 5.75 Å². The van der Waals surface area contributed by atoms with E-state index in [0.717, 1.165) is 32.9 Å². The van der Waals surface area contributed by atoms with E-state index >= 15 is 0 Å². The third-order valence-corrected chi connectivity index (χ3v) is 6.20. The van der Waals surface area contributed by atoms with Gasteiger partial charge in [0, 0.05) is 11.3 Å². The van der Waals surface area contributed by atoms with Crippen molar-refractivity contribution in [3.8, 4) is 16.3 Å². The number of hydrogen-bond donors (Lipinski definition) is 1. The summed E-state index contributed by atoms with van der Waals surface area (Å²) in [6.07, 6.45) is 1.10. The van der Waals surface area contributed by atoms with Gasteiger partial charge in [0.1, 0.15) is 10.8 Å². The maximum Gasteiger partial charge on any atom is 0.262 e. The Hall–Kier alpha value is -3.18. The Morgan fingerprint density at radius 3 is 2.63 bits per heavy atom. The summed E-state index contributed by atoms with van der Waals surface area (Å²) in [4.78, 5) is 17.0. The van der Waals surface area contributed by atoms with Crippen molar-refractivity contribution in [2.24, 2.45) is 0 Å². The minimum absolute atomic E-state index is 0.0337. The van der Waals surface area contributed by atoms with Crippen LogP contribution >= 0.6 is 11.3 Å². The van der Waals surface area contributed by atoms with Gasteiger partial charge in [-0.25, -0.2) is 4.98 Å². The molecule has 0 fully saturated rings. The van der Waals surface area contributed by atoms with Crippen molar-refractivity contribution in [1.29, 1.82) is 0 Å². The fourth-order valence-electron chi connectivity index (χ4n) is 3.20. The minimum Gasteiger partial charge on any atom is -0.484 e. The second-order valence-electron chi connectivity index (χ2n) is 7.28. The van der Waals surface area contributed by atoms with Crippen LogP contribution in [0.25, 0.3) is 20.8 Å². The topological polar surface area (TPSA) is 51.2 Å². The average molecular weight is 417 g/mol. The van der Waals surface area contributed by atoms with Gasteiger partial charge in [-0.15, -0.1) is 11.3 Å². The third-order valence-electron chi connectivity index (χ3n) is 5.12. The number of nitrogens with zero attached hydrogens (tertiary/aromatic N) is 1. The first-order valence-corrected chi connectivity index (χ1v) is 10.9. The van der Waals surface area contributed by atoms with Crippen LogP contribution in [0.1, 0.15) is 31.7 Å². The molecule has 0 unspecified atom stereocenters. The number of para-hydroxylation sites is 1. The molecule has 3 aromatic carbocycles. The minimum atomic E-state index is -0.192. The summed E-state index contributed by atoms with van der Waals surface area (Å²) in [5.41, 5.74) is 3.98. The lowest BCUT2D eigenvalue weighted by Crippen LogP contribution is -2.20. The molecule has 1 heterocycles. The molecule has 0 spiro atoms. The van der Waals surface area contributed by atoms with Gasteiger partial charge in [0.15, 0.2) is 6.61 Å². The van der Waals surface area contributed by atoms with Gasteiger partial charge in [0.05, 0.1) is 10.2 Å². The summed E-state index contributed by atoms with van der Waals surface area (Å²) in [5.74, 6) is 1.02. The summed E-state index contributed by atoms with van der Waals surface area (Å²) in [5, 5.41) is 3.84. The van der Waals surface area contributed by atoms with E-state index in [-0.39, 0.29) is 12.5 Å². The first-order chi connectivity index (χ1) is 14.6. The van der Waals surface area contributed by atoms with E-state index in [1.807, 2.05) is 54.6 Å². The van der Waals surface area contributed by atoms with Crippen LogP contribution in [0.4, 0.5) is 5.69 Å². The highest BCUT2D eigenvalue weighted by molar-refractivity contribution is 7.21. The van der Waals surface area contributed by atoms with E-state index in [2.05, 4.69) is 42.3 Å². The molecular formula is C25H24N2O2S. The van der Waals surface area contributed by atoms with Gasteiger partial charge < -0.3 is 10.1 Å². The Morgan fingerprint density at radius 2 is 1.87 bits per heavy atom. The molecule has 4 aromatic rings. The molecule has 0 saturated heterocycles. The number of rotatable bonds is 7.